The summed E-state index contributed by atoms with van der Waals surface area (Å²) in [6.07, 6.45) is -9.95. The van der Waals surface area contributed by atoms with Crippen molar-refractivity contribution in [2.24, 2.45) is 0 Å². The molecule has 0 amide bonds. The first kappa shape index (κ1) is 21.3. The molecule has 3 rings (SSSR count). The molecule has 1 heterocycles. The summed E-state index contributed by atoms with van der Waals surface area (Å²) in [5.41, 5.74) is -0.769. The summed E-state index contributed by atoms with van der Waals surface area (Å²) in [5.74, 6) is -1.14. The summed E-state index contributed by atoms with van der Waals surface area (Å²) in [6.45, 7) is 1.45. The fraction of sp³-hybridized carbons (Fsp3) is 0.150. The van der Waals surface area contributed by atoms with E-state index in [9.17, 15) is 31.1 Å². The molecule has 0 unspecified atom stereocenters. The summed E-state index contributed by atoms with van der Waals surface area (Å²) >= 11 is 0. The Kier molecular flexibility index (Phi) is 5.51. The number of hydrogen-bond acceptors (Lipinski definition) is 3. The molecule has 1 N–H and O–H groups in total. The van der Waals surface area contributed by atoms with E-state index in [1.807, 2.05) is 0 Å². The number of aromatic amines is 1. The van der Waals surface area contributed by atoms with Crippen molar-refractivity contribution in [2.75, 3.05) is 0 Å². The molecule has 2 aromatic carbocycles. The van der Waals surface area contributed by atoms with E-state index in [-0.39, 0.29) is 27.9 Å². The minimum atomic E-state index is -5.00. The van der Waals surface area contributed by atoms with Crippen LogP contribution in [0.1, 0.15) is 5.69 Å². The SMILES string of the molecule is Cc1[nH]c(=O)c(-c2ccccc2OC(F)(F)F)cc1-c1ccccc1OC(F)(F)F. The molecular weight excluding hydrogens is 416 g/mol. The maximum absolute atomic E-state index is 12.8. The minimum Gasteiger partial charge on any atom is -0.405 e. The summed E-state index contributed by atoms with van der Waals surface area (Å²) in [5, 5.41) is 0. The fourth-order valence-electron chi connectivity index (χ4n) is 2.91. The molecule has 1 aromatic heterocycles. The predicted octanol–water partition coefficient (Wildman–Crippen LogP) is 5.81. The first-order valence-electron chi connectivity index (χ1n) is 8.39. The van der Waals surface area contributed by atoms with Crippen molar-refractivity contribution in [1.82, 2.24) is 4.98 Å². The average molecular weight is 429 g/mol. The first-order valence-corrected chi connectivity index (χ1v) is 8.39. The van der Waals surface area contributed by atoms with Gasteiger partial charge in [0, 0.05) is 22.4 Å². The molecule has 10 heteroatoms. The minimum absolute atomic E-state index is 0.000883. The Hall–Kier alpha value is -3.43. The van der Waals surface area contributed by atoms with Crippen molar-refractivity contribution in [3.63, 3.8) is 0 Å². The van der Waals surface area contributed by atoms with Crippen molar-refractivity contribution in [3.8, 4) is 33.8 Å². The topological polar surface area (TPSA) is 51.3 Å². The third-order valence-electron chi connectivity index (χ3n) is 4.04. The molecule has 0 fully saturated rings. The summed E-state index contributed by atoms with van der Waals surface area (Å²) in [4.78, 5) is 14.9. The number of benzene rings is 2. The van der Waals surface area contributed by atoms with Crippen LogP contribution >= 0.6 is 0 Å². The third kappa shape index (κ3) is 4.94. The van der Waals surface area contributed by atoms with Gasteiger partial charge in [-0.25, -0.2) is 0 Å². The van der Waals surface area contributed by atoms with E-state index in [1.165, 1.54) is 49.4 Å². The first-order chi connectivity index (χ1) is 13.9. The summed E-state index contributed by atoms with van der Waals surface area (Å²) in [6, 6.07) is 11.4. The predicted molar refractivity (Wildman–Crippen MR) is 96.0 cm³/mol. The Morgan fingerprint density at radius 2 is 1.13 bits per heavy atom. The van der Waals surface area contributed by atoms with Gasteiger partial charge in [-0.15, -0.1) is 26.3 Å². The van der Waals surface area contributed by atoms with Crippen molar-refractivity contribution in [1.29, 1.82) is 0 Å². The standard InChI is InChI=1S/C20H13F6NO3/c1-11-14(12-6-2-4-8-16(12)29-19(21,22)23)10-15(18(28)27-11)13-7-3-5-9-17(13)30-20(24,25)26/h2-10H,1H3,(H,27,28). The van der Waals surface area contributed by atoms with E-state index in [0.29, 0.717) is 0 Å². The summed E-state index contributed by atoms with van der Waals surface area (Å²) < 4.78 is 84.5. The quantitative estimate of drug-likeness (QED) is 0.532. The van der Waals surface area contributed by atoms with E-state index < -0.39 is 29.8 Å². The molecule has 0 bridgehead atoms. The molecule has 0 radical (unpaired) electrons. The Morgan fingerprint density at radius 1 is 0.700 bits per heavy atom. The average Bonchev–Trinajstić information content (AvgIpc) is 2.61. The van der Waals surface area contributed by atoms with Gasteiger partial charge in [0.1, 0.15) is 11.5 Å². The number of para-hydroxylation sites is 2. The molecule has 0 aliphatic rings. The van der Waals surface area contributed by atoms with Gasteiger partial charge in [0.25, 0.3) is 5.56 Å². The lowest BCUT2D eigenvalue weighted by atomic mass is 9.98. The van der Waals surface area contributed by atoms with E-state index in [2.05, 4.69) is 14.5 Å². The van der Waals surface area contributed by atoms with E-state index in [1.54, 1.807) is 0 Å². The summed E-state index contributed by atoms with van der Waals surface area (Å²) in [7, 11) is 0. The number of aromatic nitrogens is 1. The maximum Gasteiger partial charge on any atom is 0.573 e. The molecule has 0 spiro atoms. The fourth-order valence-corrected chi connectivity index (χ4v) is 2.91. The van der Waals surface area contributed by atoms with Crippen LogP contribution in [0.4, 0.5) is 26.3 Å². The van der Waals surface area contributed by atoms with Crippen LogP contribution in [-0.4, -0.2) is 17.7 Å². The molecular formula is C20H13F6NO3. The zero-order chi connectivity index (χ0) is 22.1. The van der Waals surface area contributed by atoms with E-state index >= 15 is 0 Å². The molecule has 4 nitrogen and oxygen atoms in total. The molecule has 0 saturated carbocycles. The van der Waals surface area contributed by atoms with Crippen LogP contribution in [-0.2, 0) is 0 Å². The van der Waals surface area contributed by atoms with Crippen LogP contribution in [0.5, 0.6) is 11.5 Å². The van der Waals surface area contributed by atoms with Gasteiger partial charge >= 0.3 is 12.7 Å². The highest BCUT2D eigenvalue weighted by molar-refractivity contribution is 5.79. The normalized spacial score (nSPS) is 12.0. The zero-order valence-corrected chi connectivity index (χ0v) is 15.2. The maximum atomic E-state index is 12.8. The number of hydrogen-bond donors (Lipinski definition) is 1. The number of halogens is 6. The van der Waals surface area contributed by atoms with Gasteiger partial charge in [0.05, 0.1) is 5.56 Å². The lowest BCUT2D eigenvalue weighted by Crippen LogP contribution is -2.19. The molecule has 3 aromatic rings. The monoisotopic (exact) mass is 429 g/mol. The number of H-pyrrole nitrogens is 1. The van der Waals surface area contributed by atoms with Gasteiger partial charge in [-0.1, -0.05) is 36.4 Å². The van der Waals surface area contributed by atoms with Gasteiger partial charge in [-0.2, -0.15) is 0 Å². The van der Waals surface area contributed by atoms with Gasteiger partial charge in [-0.3, -0.25) is 4.79 Å². The van der Waals surface area contributed by atoms with Crippen molar-refractivity contribution in [2.45, 2.75) is 19.6 Å². The van der Waals surface area contributed by atoms with E-state index in [0.717, 1.165) is 12.1 Å². The Labute approximate surface area is 165 Å². The Bertz CT molecular complexity index is 1120. The highest BCUT2D eigenvalue weighted by Crippen LogP contribution is 2.38. The number of pyridine rings is 1. The van der Waals surface area contributed by atoms with Gasteiger partial charge < -0.3 is 14.5 Å². The molecule has 0 aliphatic heterocycles. The largest absolute Gasteiger partial charge is 0.573 e. The van der Waals surface area contributed by atoms with Crippen LogP contribution in [0.15, 0.2) is 59.4 Å². The van der Waals surface area contributed by atoms with Crippen molar-refractivity contribution in [3.05, 3.63) is 70.6 Å². The Morgan fingerprint density at radius 3 is 1.60 bits per heavy atom. The smallest absolute Gasteiger partial charge is 0.405 e. The molecule has 30 heavy (non-hydrogen) atoms. The van der Waals surface area contributed by atoms with Gasteiger partial charge in [0.15, 0.2) is 0 Å². The van der Waals surface area contributed by atoms with Crippen LogP contribution in [0, 0.1) is 6.92 Å². The highest BCUT2D eigenvalue weighted by atomic mass is 19.4. The zero-order valence-electron chi connectivity index (χ0n) is 15.2. The molecule has 158 valence electrons. The van der Waals surface area contributed by atoms with Crippen molar-refractivity contribution < 1.29 is 35.8 Å². The number of aryl methyl sites for hydroxylation is 1. The van der Waals surface area contributed by atoms with E-state index in [4.69, 9.17) is 0 Å². The van der Waals surface area contributed by atoms with Crippen LogP contribution in [0.3, 0.4) is 0 Å². The van der Waals surface area contributed by atoms with Crippen LogP contribution < -0.4 is 15.0 Å². The Balaban J connectivity index is 2.19. The number of ether oxygens (including phenoxy) is 2. The number of rotatable bonds is 4. The molecule has 0 atom stereocenters. The van der Waals surface area contributed by atoms with Crippen molar-refractivity contribution >= 4 is 0 Å². The third-order valence-corrected chi connectivity index (χ3v) is 4.04. The van der Waals surface area contributed by atoms with Gasteiger partial charge in [-0.05, 0) is 25.1 Å². The second kappa shape index (κ2) is 7.77. The number of nitrogens with one attached hydrogen (secondary N) is 1. The van der Waals surface area contributed by atoms with Crippen LogP contribution in [0.2, 0.25) is 0 Å². The molecule has 0 aliphatic carbocycles. The lowest BCUT2D eigenvalue weighted by Gasteiger charge is -2.16. The van der Waals surface area contributed by atoms with Crippen LogP contribution in [0.25, 0.3) is 22.3 Å². The molecule has 0 saturated heterocycles. The second-order valence-electron chi connectivity index (χ2n) is 6.14. The lowest BCUT2D eigenvalue weighted by molar-refractivity contribution is -0.275. The number of alkyl halides is 6. The van der Waals surface area contributed by atoms with Gasteiger partial charge in [0.2, 0.25) is 0 Å². The highest BCUT2D eigenvalue weighted by Gasteiger charge is 2.33. The second-order valence-corrected chi connectivity index (χ2v) is 6.14.